The topological polar surface area (TPSA) is 94.2 Å². The molecule has 1 heterocycles. The maximum atomic E-state index is 12.3. The van der Waals surface area contributed by atoms with Gasteiger partial charge in [0, 0.05) is 12.1 Å². The Morgan fingerprint density at radius 1 is 1.15 bits per heavy atom. The van der Waals surface area contributed by atoms with Gasteiger partial charge in [-0.2, -0.15) is 0 Å². The number of pyridine rings is 1. The molecule has 0 aliphatic rings. The molecule has 0 spiro atoms. The van der Waals surface area contributed by atoms with E-state index in [-0.39, 0.29) is 18.3 Å². The van der Waals surface area contributed by atoms with Gasteiger partial charge in [-0.05, 0) is 29.3 Å². The van der Waals surface area contributed by atoms with Gasteiger partial charge in [0.15, 0.2) is 0 Å². The first-order valence-electron chi connectivity index (χ1n) is 8.07. The Labute approximate surface area is 149 Å². The minimum Gasteiger partial charge on any atom is -0.348 e. The predicted octanol–water partition coefficient (Wildman–Crippen LogP) is 2.79. The number of nitro groups is 1. The Morgan fingerprint density at radius 2 is 1.88 bits per heavy atom. The molecular weight excluding hydrogens is 334 g/mol. The van der Waals surface area contributed by atoms with Crippen molar-refractivity contribution in [1.82, 2.24) is 9.88 Å². The van der Waals surface area contributed by atoms with Crippen molar-refractivity contribution < 1.29 is 9.72 Å². The van der Waals surface area contributed by atoms with Gasteiger partial charge in [0.05, 0.1) is 17.2 Å². The first-order chi connectivity index (χ1) is 12.4. The lowest BCUT2D eigenvalue weighted by Crippen LogP contribution is -2.33. The van der Waals surface area contributed by atoms with E-state index in [1.54, 1.807) is 0 Å². The smallest absolute Gasteiger partial charge is 0.285 e. The Balaban J connectivity index is 1.73. The number of nitrogens with one attached hydrogen (secondary N) is 1. The number of hydrogen-bond donors (Lipinski definition) is 1. The van der Waals surface area contributed by atoms with E-state index in [0.717, 1.165) is 39.2 Å². The number of carbonyl (C=O) groups is 1. The van der Waals surface area contributed by atoms with Crippen LogP contribution in [0.25, 0.3) is 10.8 Å². The highest BCUT2D eigenvalue weighted by molar-refractivity contribution is 5.83. The van der Waals surface area contributed by atoms with Gasteiger partial charge < -0.3 is 5.32 Å². The zero-order valence-electron chi connectivity index (χ0n) is 14.1. The van der Waals surface area contributed by atoms with Crippen LogP contribution < -0.4 is 10.9 Å². The summed E-state index contributed by atoms with van der Waals surface area (Å²) in [5.74, 6) is -0.395. The van der Waals surface area contributed by atoms with Crippen LogP contribution in [0.3, 0.4) is 0 Å². The molecule has 0 bridgehead atoms. The summed E-state index contributed by atoms with van der Waals surface area (Å²) < 4.78 is 1.03. The van der Waals surface area contributed by atoms with Crippen LogP contribution in [0.2, 0.25) is 0 Å². The highest BCUT2D eigenvalue weighted by Crippen LogP contribution is 2.20. The number of aromatic nitrogens is 1. The molecule has 0 saturated carbocycles. The summed E-state index contributed by atoms with van der Waals surface area (Å²) in [4.78, 5) is 34.2. The van der Waals surface area contributed by atoms with Gasteiger partial charge in [0.25, 0.3) is 11.2 Å². The van der Waals surface area contributed by atoms with Crippen LogP contribution in [0.1, 0.15) is 18.5 Å². The first-order valence-corrected chi connectivity index (χ1v) is 8.07. The summed E-state index contributed by atoms with van der Waals surface area (Å²) in [6.07, 6.45) is 1.07. The highest BCUT2D eigenvalue weighted by Gasteiger charge is 2.13. The van der Waals surface area contributed by atoms with Crippen LogP contribution >= 0.6 is 0 Å². The van der Waals surface area contributed by atoms with E-state index in [9.17, 15) is 19.7 Å². The van der Waals surface area contributed by atoms with E-state index in [4.69, 9.17) is 0 Å². The van der Waals surface area contributed by atoms with E-state index in [2.05, 4.69) is 5.32 Å². The molecule has 0 saturated heterocycles. The van der Waals surface area contributed by atoms with E-state index in [0.29, 0.717) is 0 Å². The molecule has 1 N–H and O–H groups in total. The van der Waals surface area contributed by atoms with Crippen LogP contribution in [0.4, 0.5) is 5.69 Å². The standard InChI is InChI=1S/C19H17N3O4/c1-13(15-7-6-14-4-2-3-5-16(14)10-15)20-18(23)12-21-11-17(22(25)26)8-9-19(21)24/h2-11,13H,12H2,1H3,(H,20,23). The molecule has 1 unspecified atom stereocenters. The Hall–Kier alpha value is -3.48. The third-order valence-electron chi connectivity index (χ3n) is 4.14. The van der Waals surface area contributed by atoms with Crippen LogP contribution in [-0.2, 0) is 11.3 Å². The highest BCUT2D eigenvalue weighted by atomic mass is 16.6. The van der Waals surface area contributed by atoms with Gasteiger partial charge in [-0.15, -0.1) is 0 Å². The van der Waals surface area contributed by atoms with E-state index in [1.807, 2.05) is 49.4 Å². The molecule has 1 aromatic heterocycles. The molecule has 132 valence electrons. The lowest BCUT2D eigenvalue weighted by molar-refractivity contribution is -0.385. The van der Waals surface area contributed by atoms with Crippen LogP contribution in [0.15, 0.2) is 65.6 Å². The van der Waals surface area contributed by atoms with Crippen molar-refractivity contribution in [2.45, 2.75) is 19.5 Å². The van der Waals surface area contributed by atoms with Crippen molar-refractivity contribution in [3.8, 4) is 0 Å². The normalized spacial score (nSPS) is 11.9. The molecule has 2 aromatic carbocycles. The van der Waals surface area contributed by atoms with Gasteiger partial charge in [0.1, 0.15) is 6.54 Å². The van der Waals surface area contributed by atoms with Gasteiger partial charge in [-0.1, -0.05) is 36.4 Å². The van der Waals surface area contributed by atoms with Crippen LogP contribution in [0, 0.1) is 10.1 Å². The van der Waals surface area contributed by atoms with Crippen molar-refractivity contribution in [1.29, 1.82) is 0 Å². The van der Waals surface area contributed by atoms with E-state index in [1.165, 1.54) is 0 Å². The summed E-state index contributed by atoms with van der Waals surface area (Å²) in [7, 11) is 0. The number of fused-ring (bicyclic) bond motifs is 1. The Kier molecular flexibility index (Phi) is 4.79. The fourth-order valence-electron chi connectivity index (χ4n) is 2.75. The third kappa shape index (κ3) is 3.77. The molecule has 3 aromatic rings. The SMILES string of the molecule is CC(NC(=O)Cn1cc([N+](=O)[O-])ccc1=O)c1ccc2ccccc2c1. The first kappa shape index (κ1) is 17.3. The molecule has 3 rings (SSSR count). The minimum absolute atomic E-state index is 0.236. The molecule has 1 amide bonds. The second-order valence-corrected chi connectivity index (χ2v) is 6.01. The number of nitrogens with zero attached hydrogens (tertiary/aromatic N) is 2. The fourth-order valence-corrected chi connectivity index (χ4v) is 2.75. The molecule has 0 aliphatic carbocycles. The molecule has 1 atom stereocenters. The van der Waals surface area contributed by atoms with Gasteiger partial charge in [-0.3, -0.25) is 24.3 Å². The molecule has 0 radical (unpaired) electrons. The largest absolute Gasteiger partial charge is 0.348 e. The number of benzene rings is 2. The van der Waals surface area contributed by atoms with Crippen molar-refractivity contribution in [3.05, 3.63) is 86.8 Å². The average Bonchev–Trinajstić information content (AvgIpc) is 2.62. The minimum atomic E-state index is -0.606. The van der Waals surface area contributed by atoms with E-state index < -0.39 is 16.4 Å². The van der Waals surface area contributed by atoms with Gasteiger partial charge >= 0.3 is 0 Å². The molecule has 7 nitrogen and oxygen atoms in total. The number of amides is 1. The molecule has 26 heavy (non-hydrogen) atoms. The average molecular weight is 351 g/mol. The number of hydrogen-bond acceptors (Lipinski definition) is 4. The summed E-state index contributed by atoms with van der Waals surface area (Å²) in [5.41, 5.74) is 0.229. The van der Waals surface area contributed by atoms with Crippen molar-refractivity contribution >= 4 is 22.4 Å². The Morgan fingerprint density at radius 3 is 2.62 bits per heavy atom. The Bertz CT molecular complexity index is 1040. The van der Waals surface area contributed by atoms with Crippen LogP contribution in [-0.4, -0.2) is 15.4 Å². The molecule has 0 aliphatic heterocycles. The summed E-state index contributed by atoms with van der Waals surface area (Å²) in [5, 5.41) is 15.8. The monoisotopic (exact) mass is 351 g/mol. The van der Waals surface area contributed by atoms with Crippen molar-refractivity contribution in [2.75, 3.05) is 0 Å². The maximum Gasteiger partial charge on any atom is 0.285 e. The zero-order valence-corrected chi connectivity index (χ0v) is 14.1. The third-order valence-corrected chi connectivity index (χ3v) is 4.14. The van der Waals surface area contributed by atoms with Gasteiger partial charge in [-0.25, -0.2) is 0 Å². The predicted molar refractivity (Wildman–Crippen MR) is 97.9 cm³/mol. The second kappa shape index (κ2) is 7.18. The summed E-state index contributed by atoms with van der Waals surface area (Å²) >= 11 is 0. The number of carbonyl (C=O) groups excluding carboxylic acids is 1. The van der Waals surface area contributed by atoms with Crippen molar-refractivity contribution in [2.24, 2.45) is 0 Å². The lowest BCUT2D eigenvalue weighted by Gasteiger charge is -2.15. The summed E-state index contributed by atoms with van der Waals surface area (Å²) in [6, 6.07) is 15.8. The molecular formula is C19H17N3O4. The van der Waals surface area contributed by atoms with Crippen LogP contribution in [0.5, 0.6) is 0 Å². The quantitative estimate of drug-likeness (QED) is 0.565. The van der Waals surface area contributed by atoms with E-state index >= 15 is 0 Å². The van der Waals surface area contributed by atoms with Gasteiger partial charge in [0.2, 0.25) is 5.91 Å². The second-order valence-electron chi connectivity index (χ2n) is 6.01. The molecule has 7 heteroatoms. The summed E-state index contributed by atoms with van der Waals surface area (Å²) in [6.45, 7) is 1.57. The number of rotatable bonds is 5. The maximum absolute atomic E-state index is 12.3. The van der Waals surface area contributed by atoms with Crippen molar-refractivity contribution in [3.63, 3.8) is 0 Å². The zero-order chi connectivity index (χ0) is 18.7. The molecule has 0 fully saturated rings. The fraction of sp³-hybridized carbons (Fsp3) is 0.158. The lowest BCUT2D eigenvalue weighted by atomic mass is 10.0.